The van der Waals surface area contributed by atoms with Crippen molar-refractivity contribution in [1.82, 2.24) is 0 Å². The molecule has 30 heavy (non-hydrogen) atoms. The monoisotopic (exact) mass is 442 g/mol. The van der Waals surface area contributed by atoms with Gasteiger partial charge in [-0.2, -0.15) is 0 Å². The quantitative estimate of drug-likeness (QED) is 0.500. The zero-order valence-electron chi connectivity index (χ0n) is 16.5. The van der Waals surface area contributed by atoms with E-state index in [1.807, 2.05) is 32.0 Å². The normalized spacial score (nSPS) is 10.4. The van der Waals surface area contributed by atoms with Crippen molar-refractivity contribution in [2.75, 3.05) is 17.2 Å². The van der Waals surface area contributed by atoms with Crippen LogP contribution in [0.2, 0.25) is 10.0 Å². The Morgan fingerprint density at radius 1 is 0.867 bits per heavy atom. The number of hydrogen-bond donors (Lipinski definition) is 2. The van der Waals surface area contributed by atoms with E-state index in [9.17, 15) is 9.59 Å². The van der Waals surface area contributed by atoms with E-state index in [-0.39, 0.29) is 23.4 Å². The van der Waals surface area contributed by atoms with Crippen LogP contribution in [-0.2, 0) is 4.79 Å². The molecule has 0 saturated carbocycles. The number of ether oxygens (including phenoxy) is 1. The lowest BCUT2D eigenvalue weighted by Crippen LogP contribution is -2.20. The fraction of sp³-hybridized carbons (Fsp3) is 0.130. The summed E-state index contributed by atoms with van der Waals surface area (Å²) in [6.45, 7) is 3.74. The molecule has 2 N–H and O–H groups in total. The first-order valence-corrected chi connectivity index (χ1v) is 9.95. The molecule has 0 aliphatic heterocycles. The highest BCUT2D eigenvalue weighted by Gasteiger charge is 2.11. The third kappa shape index (κ3) is 5.32. The standard InChI is InChI=1S/C23H20Cl2N2O3/c1-14-5-3-7-19(15(14)2)27-23(29)16-9-11-17(12-10-16)30-13-21(28)26-20-8-4-6-18(24)22(20)25/h3-12H,13H2,1-2H3,(H,26,28)(H,27,29). The van der Waals surface area contributed by atoms with Gasteiger partial charge in [0.15, 0.2) is 6.61 Å². The maximum Gasteiger partial charge on any atom is 0.262 e. The van der Waals surface area contributed by atoms with Gasteiger partial charge in [-0.1, -0.05) is 41.4 Å². The van der Waals surface area contributed by atoms with Gasteiger partial charge in [0.1, 0.15) is 5.75 Å². The minimum atomic E-state index is -0.379. The summed E-state index contributed by atoms with van der Waals surface area (Å²) in [7, 11) is 0. The summed E-state index contributed by atoms with van der Waals surface area (Å²) in [6.07, 6.45) is 0. The molecule has 154 valence electrons. The number of hydrogen-bond acceptors (Lipinski definition) is 3. The largest absolute Gasteiger partial charge is 0.484 e. The van der Waals surface area contributed by atoms with Crippen LogP contribution in [0.1, 0.15) is 21.5 Å². The average Bonchev–Trinajstić information content (AvgIpc) is 2.73. The van der Waals surface area contributed by atoms with Crippen LogP contribution >= 0.6 is 23.2 Å². The van der Waals surface area contributed by atoms with Crippen LogP contribution in [0.3, 0.4) is 0 Å². The Kier molecular flexibility index (Phi) is 6.98. The Labute approximate surface area is 185 Å². The van der Waals surface area contributed by atoms with Crippen LogP contribution in [0.25, 0.3) is 0 Å². The van der Waals surface area contributed by atoms with E-state index in [0.717, 1.165) is 16.8 Å². The minimum absolute atomic E-state index is 0.211. The van der Waals surface area contributed by atoms with Gasteiger partial charge in [0, 0.05) is 11.3 Å². The summed E-state index contributed by atoms with van der Waals surface area (Å²) in [4.78, 5) is 24.6. The van der Waals surface area contributed by atoms with Gasteiger partial charge < -0.3 is 15.4 Å². The molecule has 0 fully saturated rings. The van der Waals surface area contributed by atoms with Gasteiger partial charge in [-0.15, -0.1) is 0 Å². The smallest absolute Gasteiger partial charge is 0.262 e. The lowest BCUT2D eigenvalue weighted by Gasteiger charge is -2.11. The Balaban J connectivity index is 1.56. The summed E-state index contributed by atoms with van der Waals surface area (Å²) < 4.78 is 5.48. The van der Waals surface area contributed by atoms with Gasteiger partial charge in [-0.3, -0.25) is 9.59 Å². The van der Waals surface area contributed by atoms with E-state index in [2.05, 4.69) is 10.6 Å². The summed E-state index contributed by atoms with van der Waals surface area (Å²) in [5, 5.41) is 6.17. The number of nitrogens with one attached hydrogen (secondary N) is 2. The predicted molar refractivity (Wildman–Crippen MR) is 121 cm³/mol. The highest BCUT2D eigenvalue weighted by Crippen LogP contribution is 2.29. The average molecular weight is 443 g/mol. The molecule has 0 heterocycles. The van der Waals surface area contributed by atoms with Crippen molar-refractivity contribution in [1.29, 1.82) is 0 Å². The third-order valence-corrected chi connectivity index (χ3v) is 5.38. The second kappa shape index (κ2) is 9.65. The molecule has 3 aromatic rings. The van der Waals surface area contributed by atoms with Crippen LogP contribution in [0.4, 0.5) is 11.4 Å². The molecule has 0 saturated heterocycles. The van der Waals surface area contributed by atoms with Crippen molar-refractivity contribution < 1.29 is 14.3 Å². The van der Waals surface area contributed by atoms with E-state index in [4.69, 9.17) is 27.9 Å². The molecule has 0 unspecified atom stereocenters. The number of carbonyl (C=O) groups excluding carboxylic acids is 2. The molecule has 7 heteroatoms. The van der Waals surface area contributed by atoms with Gasteiger partial charge in [0.05, 0.1) is 15.7 Å². The first-order valence-electron chi connectivity index (χ1n) is 9.19. The Bertz CT molecular complexity index is 1080. The van der Waals surface area contributed by atoms with E-state index < -0.39 is 0 Å². The summed E-state index contributed by atoms with van der Waals surface area (Å²) in [5.41, 5.74) is 3.80. The second-order valence-electron chi connectivity index (χ2n) is 6.66. The molecule has 5 nitrogen and oxygen atoms in total. The number of anilines is 2. The third-order valence-electron chi connectivity index (χ3n) is 4.56. The van der Waals surface area contributed by atoms with Gasteiger partial charge in [-0.25, -0.2) is 0 Å². The molecule has 0 radical (unpaired) electrons. The summed E-state index contributed by atoms with van der Waals surface area (Å²) in [5.74, 6) is -0.134. The lowest BCUT2D eigenvalue weighted by atomic mass is 10.1. The van der Waals surface area contributed by atoms with Crippen LogP contribution < -0.4 is 15.4 Å². The Morgan fingerprint density at radius 2 is 1.53 bits per heavy atom. The number of benzene rings is 3. The number of carbonyl (C=O) groups is 2. The van der Waals surface area contributed by atoms with Gasteiger partial charge >= 0.3 is 0 Å². The molecule has 0 aromatic heterocycles. The SMILES string of the molecule is Cc1cccc(NC(=O)c2ccc(OCC(=O)Nc3cccc(Cl)c3Cl)cc2)c1C. The molecule has 0 bridgehead atoms. The molecular formula is C23H20Cl2N2O3. The van der Waals surface area contributed by atoms with Crippen molar-refractivity contribution in [3.63, 3.8) is 0 Å². The zero-order chi connectivity index (χ0) is 21.7. The Hall–Kier alpha value is -3.02. The van der Waals surface area contributed by atoms with Crippen molar-refractivity contribution in [3.05, 3.63) is 87.4 Å². The molecule has 3 aromatic carbocycles. The molecule has 0 aliphatic rings. The molecular weight excluding hydrogens is 423 g/mol. The second-order valence-corrected chi connectivity index (χ2v) is 7.45. The van der Waals surface area contributed by atoms with Crippen LogP contribution in [-0.4, -0.2) is 18.4 Å². The Morgan fingerprint density at radius 3 is 2.27 bits per heavy atom. The van der Waals surface area contributed by atoms with E-state index >= 15 is 0 Å². The summed E-state index contributed by atoms with van der Waals surface area (Å²) >= 11 is 12.0. The maximum atomic E-state index is 12.5. The van der Waals surface area contributed by atoms with Crippen LogP contribution in [0, 0.1) is 13.8 Å². The molecule has 0 atom stereocenters. The van der Waals surface area contributed by atoms with Crippen molar-refractivity contribution in [2.45, 2.75) is 13.8 Å². The fourth-order valence-corrected chi connectivity index (χ4v) is 3.07. The van der Waals surface area contributed by atoms with E-state index in [1.54, 1.807) is 42.5 Å². The summed E-state index contributed by atoms with van der Waals surface area (Å²) in [6, 6.07) is 17.3. The number of rotatable bonds is 6. The van der Waals surface area contributed by atoms with Crippen molar-refractivity contribution in [3.8, 4) is 5.75 Å². The minimum Gasteiger partial charge on any atom is -0.484 e. The molecule has 2 amide bonds. The fourth-order valence-electron chi connectivity index (χ4n) is 2.72. The number of amides is 2. The maximum absolute atomic E-state index is 12.5. The van der Waals surface area contributed by atoms with Crippen molar-refractivity contribution >= 4 is 46.4 Å². The number of halogens is 2. The molecule has 3 rings (SSSR count). The van der Waals surface area contributed by atoms with Crippen molar-refractivity contribution in [2.24, 2.45) is 0 Å². The predicted octanol–water partition coefficient (Wildman–Crippen LogP) is 5.88. The van der Waals surface area contributed by atoms with E-state index in [0.29, 0.717) is 22.0 Å². The molecule has 0 aliphatic carbocycles. The van der Waals surface area contributed by atoms with Crippen LogP contribution in [0.15, 0.2) is 60.7 Å². The zero-order valence-corrected chi connectivity index (χ0v) is 18.0. The number of aryl methyl sites for hydroxylation is 1. The first-order chi connectivity index (χ1) is 14.3. The highest BCUT2D eigenvalue weighted by atomic mass is 35.5. The van der Waals surface area contributed by atoms with E-state index in [1.165, 1.54) is 0 Å². The molecule has 0 spiro atoms. The lowest BCUT2D eigenvalue weighted by molar-refractivity contribution is -0.118. The highest BCUT2D eigenvalue weighted by molar-refractivity contribution is 6.44. The van der Waals surface area contributed by atoms with Crippen LogP contribution in [0.5, 0.6) is 5.75 Å². The first kappa shape index (κ1) is 21.7. The topological polar surface area (TPSA) is 67.4 Å². The van der Waals surface area contributed by atoms with Gasteiger partial charge in [-0.05, 0) is 67.4 Å². The van der Waals surface area contributed by atoms with Gasteiger partial charge in [0.25, 0.3) is 11.8 Å². The van der Waals surface area contributed by atoms with Gasteiger partial charge in [0.2, 0.25) is 0 Å².